The van der Waals surface area contributed by atoms with Gasteiger partial charge in [-0.25, -0.2) is 0 Å². The van der Waals surface area contributed by atoms with Gasteiger partial charge in [-0.3, -0.25) is 0 Å². The Bertz CT molecular complexity index is 304. The topological polar surface area (TPSA) is 83.4 Å². The summed E-state index contributed by atoms with van der Waals surface area (Å²) in [4.78, 5) is 4.20. The van der Waals surface area contributed by atoms with Crippen LogP contribution in [0.1, 0.15) is 38.0 Å². The van der Waals surface area contributed by atoms with E-state index in [0.29, 0.717) is 38.0 Å². The molecule has 1 heterocycles. The molecular weight excluding hydrogens is 222 g/mol. The van der Waals surface area contributed by atoms with Crippen molar-refractivity contribution in [3.63, 3.8) is 0 Å². The number of nitrogens with zero attached hydrogens (tertiary/aromatic N) is 2. The summed E-state index contributed by atoms with van der Waals surface area (Å²) in [6.07, 6.45) is 1.63. The van der Waals surface area contributed by atoms with E-state index in [1.54, 1.807) is 0 Å². The first-order valence-electron chi connectivity index (χ1n) is 6.01. The Morgan fingerprint density at radius 3 is 2.82 bits per heavy atom. The quantitative estimate of drug-likeness (QED) is 0.653. The van der Waals surface area contributed by atoms with Gasteiger partial charge in [-0.05, 0) is 13.3 Å². The van der Waals surface area contributed by atoms with Crippen LogP contribution in [0.2, 0.25) is 0 Å². The van der Waals surface area contributed by atoms with Gasteiger partial charge >= 0.3 is 0 Å². The van der Waals surface area contributed by atoms with Crippen molar-refractivity contribution in [1.82, 2.24) is 10.1 Å². The SMILES string of the molecule is CCCOCCc1nc(C(N)COCC)no1. The second kappa shape index (κ2) is 8.16. The fourth-order valence-electron chi connectivity index (χ4n) is 1.25. The summed E-state index contributed by atoms with van der Waals surface area (Å²) in [5.41, 5.74) is 5.83. The maximum atomic E-state index is 5.83. The molecule has 0 amide bonds. The van der Waals surface area contributed by atoms with Crippen LogP contribution >= 0.6 is 0 Å². The minimum atomic E-state index is -0.330. The Morgan fingerprint density at radius 1 is 1.29 bits per heavy atom. The molecule has 0 aliphatic carbocycles. The van der Waals surface area contributed by atoms with E-state index in [-0.39, 0.29) is 6.04 Å². The van der Waals surface area contributed by atoms with E-state index in [4.69, 9.17) is 19.7 Å². The zero-order valence-corrected chi connectivity index (χ0v) is 10.5. The third-order valence-corrected chi connectivity index (χ3v) is 2.13. The predicted molar refractivity (Wildman–Crippen MR) is 62.5 cm³/mol. The van der Waals surface area contributed by atoms with Crippen molar-refractivity contribution in [1.29, 1.82) is 0 Å². The van der Waals surface area contributed by atoms with Gasteiger partial charge in [-0.15, -0.1) is 0 Å². The molecule has 6 heteroatoms. The van der Waals surface area contributed by atoms with Gasteiger partial charge in [0.25, 0.3) is 0 Å². The summed E-state index contributed by atoms with van der Waals surface area (Å²) >= 11 is 0. The summed E-state index contributed by atoms with van der Waals surface area (Å²) in [5.74, 6) is 1.05. The first kappa shape index (κ1) is 14.1. The van der Waals surface area contributed by atoms with Crippen LogP contribution in [0, 0.1) is 0 Å². The van der Waals surface area contributed by atoms with Crippen LogP contribution in [-0.2, 0) is 15.9 Å². The molecule has 0 aliphatic heterocycles. The minimum absolute atomic E-state index is 0.330. The van der Waals surface area contributed by atoms with Crippen LogP contribution in [0.3, 0.4) is 0 Å². The summed E-state index contributed by atoms with van der Waals surface area (Å²) in [6, 6.07) is -0.330. The highest BCUT2D eigenvalue weighted by molar-refractivity contribution is 4.93. The van der Waals surface area contributed by atoms with E-state index >= 15 is 0 Å². The Hall–Kier alpha value is -0.980. The van der Waals surface area contributed by atoms with E-state index in [1.165, 1.54) is 0 Å². The lowest BCUT2D eigenvalue weighted by atomic mass is 10.3. The molecule has 1 atom stereocenters. The van der Waals surface area contributed by atoms with Crippen LogP contribution in [-0.4, -0.2) is 36.6 Å². The third kappa shape index (κ3) is 5.25. The second-order valence-electron chi connectivity index (χ2n) is 3.67. The standard InChI is InChI=1S/C11H21N3O3/c1-3-6-16-7-5-10-13-11(14-17-10)9(12)8-15-4-2/h9H,3-8,12H2,1-2H3. The molecule has 0 radical (unpaired) electrons. The molecule has 2 N–H and O–H groups in total. The summed E-state index contributed by atoms with van der Waals surface area (Å²) < 4.78 is 15.6. The minimum Gasteiger partial charge on any atom is -0.381 e. The van der Waals surface area contributed by atoms with Crippen molar-refractivity contribution >= 4 is 0 Å². The van der Waals surface area contributed by atoms with Crippen LogP contribution in [0.15, 0.2) is 4.52 Å². The van der Waals surface area contributed by atoms with Gasteiger partial charge in [0.1, 0.15) is 0 Å². The number of ether oxygens (including phenoxy) is 2. The lowest BCUT2D eigenvalue weighted by Gasteiger charge is -2.05. The molecule has 0 saturated heterocycles. The van der Waals surface area contributed by atoms with Crippen molar-refractivity contribution in [3.05, 3.63) is 11.7 Å². The number of aromatic nitrogens is 2. The van der Waals surface area contributed by atoms with Crippen LogP contribution in [0.5, 0.6) is 0 Å². The highest BCUT2D eigenvalue weighted by atomic mass is 16.5. The van der Waals surface area contributed by atoms with E-state index in [2.05, 4.69) is 17.1 Å². The maximum absolute atomic E-state index is 5.83. The molecule has 1 rings (SSSR count). The molecule has 0 fully saturated rings. The molecule has 0 aliphatic rings. The van der Waals surface area contributed by atoms with Crippen molar-refractivity contribution in [2.75, 3.05) is 26.4 Å². The lowest BCUT2D eigenvalue weighted by molar-refractivity contribution is 0.130. The van der Waals surface area contributed by atoms with Gasteiger partial charge in [-0.1, -0.05) is 12.1 Å². The molecule has 0 saturated carbocycles. The van der Waals surface area contributed by atoms with Gasteiger partial charge in [0.2, 0.25) is 5.89 Å². The van der Waals surface area contributed by atoms with Gasteiger partial charge < -0.3 is 19.7 Å². The molecule has 98 valence electrons. The van der Waals surface area contributed by atoms with Crippen LogP contribution in [0.25, 0.3) is 0 Å². The molecule has 0 spiro atoms. The smallest absolute Gasteiger partial charge is 0.229 e. The molecule has 1 unspecified atom stereocenters. The van der Waals surface area contributed by atoms with Crippen molar-refractivity contribution in [2.24, 2.45) is 5.73 Å². The zero-order valence-electron chi connectivity index (χ0n) is 10.5. The van der Waals surface area contributed by atoms with Gasteiger partial charge in [0.05, 0.1) is 25.7 Å². The monoisotopic (exact) mass is 243 g/mol. The van der Waals surface area contributed by atoms with Gasteiger partial charge in [-0.2, -0.15) is 4.98 Å². The zero-order chi connectivity index (χ0) is 12.5. The first-order valence-corrected chi connectivity index (χ1v) is 6.01. The molecule has 6 nitrogen and oxygen atoms in total. The lowest BCUT2D eigenvalue weighted by Crippen LogP contribution is -2.18. The van der Waals surface area contributed by atoms with Crippen molar-refractivity contribution in [3.8, 4) is 0 Å². The van der Waals surface area contributed by atoms with Crippen molar-refractivity contribution < 1.29 is 14.0 Å². The fourth-order valence-corrected chi connectivity index (χ4v) is 1.25. The first-order chi connectivity index (χ1) is 8.27. The van der Waals surface area contributed by atoms with Crippen LogP contribution < -0.4 is 5.73 Å². The van der Waals surface area contributed by atoms with Crippen LogP contribution in [0.4, 0.5) is 0 Å². The Morgan fingerprint density at radius 2 is 2.12 bits per heavy atom. The molecule has 17 heavy (non-hydrogen) atoms. The van der Waals surface area contributed by atoms with E-state index in [1.807, 2.05) is 6.92 Å². The highest BCUT2D eigenvalue weighted by Gasteiger charge is 2.13. The summed E-state index contributed by atoms with van der Waals surface area (Å²) in [7, 11) is 0. The Balaban J connectivity index is 2.31. The largest absolute Gasteiger partial charge is 0.381 e. The van der Waals surface area contributed by atoms with E-state index in [0.717, 1.165) is 13.0 Å². The fraction of sp³-hybridized carbons (Fsp3) is 0.818. The average molecular weight is 243 g/mol. The molecule has 1 aromatic heterocycles. The van der Waals surface area contributed by atoms with Gasteiger partial charge in [0.15, 0.2) is 5.82 Å². The third-order valence-electron chi connectivity index (χ3n) is 2.13. The molecule has 1 aromatic rings. The highest BCUT2D eigenvalue weighted by Crippen LogP contribution is 2.07. The number of hydrogen-bond acceptors (Lipinski definition) is 6. The van der Waals surface area contributed by atoms with Crippen molar-refractivity contribution in [2.45, 2.75) is 32.7 Å². The average Bonchev–Trinajstić information content (AvgIpc) is 2.80. The normalized spacial score (nSPS) is 12.9. The molecule has 0 aromatic carbocycles. The van der Waals surface area contributed by atoms with E-state index in [9.17, 15) is 0 Å². The maximum Gasteiger partial charge on any atom is 0.229 e. The Labute approximate surface area is 101 Å². The predicted octanol–water partition coefficient (Wildman–Crippen LogP) is 1.07. The molecule has 0 bridgehead atoms. The number of nitrogens with two attached hydrogens (primary N) is 1. The Kier molecular flexibility index (Phi) is 6.76. The number of rotatable bonds is 9. The second-order valence-corrected chi connectivity index (χ2v) is 3.67. The van der Waals surface area contributed by atoms with E-state index < -0.39 is 0 Å². The summed E-state index contributed by atoms with van der Waals surface area (Å²) in [5, 5.41) is 3.82. The summed E-state index contributed by atoms with van der Waals surface area (Å²) in [6.45, 7) is 6.36. The van der Waals surface area contributed by atoms with Gasteiger partial charge in [0, 0.05) is 13.2 Å². The molecular formula is C11H21N3O3. The number of hydrogen-bond donors (Lipinski definition) is 1.